The first-order valence-corrected chi connectivity index (χ1v) is 23.7. The molecule has 0 radical (unpaired) electrons. The number of aliphatic hydroxyl groups is 4. The van der Waals surface area contributed by atoms with Crippen molar-refractivity contribution in [3.05, 3.63) is 85.1 Å². The van der Waals surface area contributed by atoms with Crippen LogP contribution in [0.1, 0.15) is 168 Å². The van der Waals surface area contributed by atoms with Gasteiger partial charge in [-0.15, -0.1) is 0 Å². The van der Waals surface area contributed by atoms with E-state index in [1.807, 2.05) is 6.08 Å². The third kappa shape index (κ3) is 32.3. The molecule has 2 unspecified atom stereocenters. The molecule has 0 aromatic heterocycles. The Bertz CT molecular complexity index is 1270. The number of aliphatic hydroxyl groups excluding tert-OH is 4. The standard InChI is InChI=1S/C51H84O10/c1-3-5-7-9-11-13-15-17-19-20-21-22-23-24-26-28-30-32-34-36-38-40-47(54)60-44(43-59-51-50(57)49(56)48(55)45(41-52)61-51)42-58-46(53)39-37-35-33-31-29-27-25-18-16-14-12-10-8-6-4-2/h6,8,12,14,18-20,22-23,25-26,28,32,34,44-45,48-52,55-57H,3-5,7,9-11,13,15-17,21,24,27,29-31,33,35-43H2,1-2H3/b8-6+,14-12+,20-19+,23-22+,25-18+,28-26+,34-32+/t44-,45-,48+,49?,50?,51-/m1/s1. The fourth-order valence-electron chi connectivity index (χ4n) is 6.55. The predicted octanol–water partition coefficient (Wildman–Crippen LogP) is 10.6. The maximum Gasteiger partial charge on any atom is 0.306 e. The molecular formula is C51H84O10. The predicted molar refractivity (Wildman–Crippen MR) is 247 cm³/mol. The van der Waals surface area contributed by atoms with Crippen molar-refractivity contribution >= 4 is 11.9 Å². The Morgan fingerprint density at radius 3 is 1.51 bits per heavy atom. The van der Waals surface area contributed by atoms with Crippen molar-refractivity contribution in [1.82, 2.24) is 0 Å². The maximum absolute atomic E-state index is 12.8. The summed E-state index contributed by atoms with van der Waals surface area (Å²) in [6, 6.07) is 0. The van der Waals surface area contributed by atoms with Crippen LogP contribution in [0.4, 0.5) is 0 Å². The van der Waals surface area contributed by atoms with E-state index in [-0.39, 0.29) is 26.1 Å². The summed E-state index contributed by atoms with van der Waals surface area (Å²) in [5.74, 6) is -0.899. The molecule has 0 bridgehead atoms. The Morgan fingerprint density at radius 1 is 0.525 bits per heavy atom. The van der Waals surface area contributed by atoms with E-state index in [0.717, 1.165) is 70.6 Å². The average molecular weight is 857 g/mol. The van der Waals surface area contributed by atoms with Crippen LogP contribution in [0.25, 0.3) is 0 Å². The second kappa shape index (κ2) is 40.9. The first-order valence-electron chi connectivity index (χ1n) is 23.7. The lowest BCUT2D eigenvalue weighted by atomic mass is 9.99. The van der Waals surface area contributed by atoms with E-state index in [0.29, 0.717) is 19.3 Å². The number of allylic oxidation sites excluding steroid dienone is 14. The van der Waals surface area contributed by atoms with Crippen LogP contribution in [0.2, 0.25) is 0 Å². The van der Waals surface area contributed by atoms with Crippen molar-refractivity contribution < 1.29 is 49.0 Å². The Hall–Kier alpha value is -3.12. The van der Waals surface area contributed by atoms with Gasteiger partial charge in [-0.3, -0.25) is 9.59 Å². The molecule has 0 amide bonds. The molecule has 348 valence electrons. The van der Waals surface area contributed by atoms with Crippen molar-refractivity contribution in [3.8, 4) is 0 Å². The summed E-state index contributed by atoms with van der Waals surface area (Å²) < 4.78 is 22.1. The number of hydrogen-bond acceptors (Lipinski definition) is 10. The molecule has 0 aliphatic carbocycles. The SMILES string of the molecule is CC/C=C/C/C=C/C/C=C/CCCCCCCC(=O)OC[C@H](CO[C@@H]1O[C@H](CO)[C@H](O)C(O)C1O)OC(=O)CCC/C=C/C/C=C/C/C=C/C/C=C/CCCCCCCCC. The van der Waals surface area contributed by atoms with Crippen molar-refractivity contribution in [3.63, 3.8) is 0 Å². The van der Waals surface area contributed by atoms with Crippen molar-refractivity contribution in [1.29, 1.82) is 0 Å². The number of rotatable bonds is 38. The van der Waals surface area contributed by atoms with E-state index in [2.05, 4.69) is 92.8 Å². The normalized spacial score (nSPS) is 20.5. The summed E-state index contributed by atoms with van der Waals surface area (Å²) in [5, 5.41) is 40.1. The number of hydrogen-bond donors (Lipinski definition) is 4. The minimum absolute atomic E-state index is 0.146. The van der Waals surface area contributed by atoms with Crippen molar-refractivity contribution in [2.75, 3.05) is 19.8 Å². The van der Waals surface area contributed by atoms with Gasteiger partial charge in [-0.05, 0) is 83.5 Å². The molecule has 1 heterocycles. The van der Waals surface area contributed by atoms with Gasteiger partial charge in [-0.1, -0.05) is 157 Å². The molecule has 0 aromatic rings. The number of carbonyl (C=O) groups excluding carboxylic acids is 2. The quantitative estimate of drug-likeness (QED) is 0.0268. The molecule has 10 nitrogen and oxygen atoms in total. The zero-order valence-corrected chi connectivity index (χ0v) is 37.9. The van der Waals surface area contributed by atoms with Crippen LogP contribution < -0.4 is 0 Å². The van der Waals surface area contributed by atoms with Crippen molar-refractivity contribution in [2.24, 2.45) is 0 Å². The zero-order valence-electron chi connectivity index (χ0n) is 37.9. The summed E-state index contributed by atoms with van der Waals surface area (Å²) >= 11 is 0. The summed E-state index contributed by atoms with van der Waals surface area (Å²) in [4.78, 5) is 25.3. The Kier molecular flexibility index (Phi) is 37.5. The smallest absolute Gasteiger partial charge is 0.306 e. The fourth-order valence-corrected chi connectivity index (χ4v) is 6.55. The maximum atomic E-state index is 12.8. The van der Waals surface area contributed by atoms with Gasteiger partial charge in [0, 0.05) is 12.8 Å². The first-order chi connectivity index (χ1) is 29.8. The van der Waals surface area contributed by atoms with Crippen LogP contribution in [0.15, 0.2) is 85.1 Å². The van der Waals surface area contributed by atoms with Gasteiger partial charge in [0.15, 0.2) is 12.4 Å². The largest absolute Gasteiger partial charge is 0.462 e. The molecular weight excluding hydrogens is 773 g/mol. The van der Waals surface area contributed by atoms with Gasteiger partial charge in [0.1, 0.15) is 31.0 Å². The molecule has 1 rings (SSSR count). The second-order valence-electron chi connectivity index (χ2n) is 15.8. The zero-order chi connectivity index (χ0) is 44.4. The molecule has 10 heteroatoms. The van der Waals surface area contributed by atoms with E-state index >= 15 is 0 Å². The van der Waals surface area contributed by atoms with E-state index in [1.165, 1.54) is 51.4 Å². The molecule has 1 aliphatic rings. The van der Waals surface area contributed by atoms with E-state index in [1.54, 1.807) is 0 Å². The fraction of sp³-hybridized carbons (Fsp3) is 0.686. The third-order valence-electron chi connectivity index (χ3n) is 10.3. The van der Waals surface area contributed by atoms with Crippen LogP contribution in [0, 0.1) is 0 Å². The van der Waals surface area contributed by atoms with Crippen LogP contribution in [0.5, 0.6) is 0 Å². The number of ether oxygens (including phenoxy) is 4. The van der Waals surface area contributed by atoms with E-state index in [9.17, 15) is 30.0 Å². The highest BCUT2D eigenvalue weighted by Gasteiger charge is 2.44. The molecule has 61 heavy (non-hydrogen) atoms. The van der Waals surface area contributed by atoms with Gasteiger partial charge in [-0.25, -0.2) is 0 Å². The Labute approximate surface area is 369 Å². The number of carbonyl (C=O) groups is 2. The highest BCUT2D eigenvalue weighted by molar-refractivity contribution is 5.70. The molecule has 1 fully saturated rings. The molecule has 0 aromatic carbocycles. The van der Waals surface area contributed by atoms with E-state index in [4.69, 9.17) is 18.9 Å². The number of unbranched alkanes of at least 4 members (excludes halogenated alkanes) is 13. The molecule has 4 N–H and O–H groups in total. The van der Waals surface area contributed by atoms with Gasteiger partial charge < -0.3 is 39.4 Å². The van der Waals surface area contributed by atoms with E-state index < -0.39 is 55.4 Å². The first kappa shape index (κ1) is 55.9. The Morgan fingerprint density at radius 2 is 0.984 bits per heavy atom. The van der Waals surface area contributed by atoms with Gasteiger partial charge in [0.05, 0.1) is 13.2 Å². The van der Waals surface area contributed by atoms with Gasteiger partial charge in [-0.2, -0.15) is 0 Å². The lowest BCUT2D eigenvalue weighted by molar-refractivity contribution is -0.305. The topological polar surface area (TPSA) is 152 Å². The number of esters is 2. The highest BCUT2D eigenvalue weighted by atomic mass is 16.7. The molecule has 1 aliphatic heterocycles. The average Bonchev–Trinajstić information content (AvgIpc) is 3.26. The highest BCUT2D eigenvalue weighted by Crippen LogP contribution is 2.22. The second-order valence-corrected chi connectivity index (χ2v) is 15.8. The summed E-state index contributed by atoms with van der Waals surface area (Å²) in [6.45, 7) is 3.22. The minimum Gasteiger partial charge on any atom is -0.462 e. The van der Waals surface area contributed by atoms with Gasteiger partial charge in [0.2, 0.25) is 0 Å². The molecule has 0 saturated carbocycles. The van der Waals surface area contributed by atoms with Gasteiger partial charge >= 0.3 is 11.9 Å². The monoisotopic (exact) mass is 857 g/mol. The molecule has 6 atom stereocenters. The molecule has 0 spiro atoms. The van der Waals surface area contributed by atoms with Crippen LogP contribution in [-0.4, -0.2) is 89.0 Å². The summed E-state index contributed by atoms with van der Waals surface area (Å²) in [5.41, 5.74) is 0. The summed E-state index contributed by atoms with van der Waals surface area (Å²) in [7, 11) is 0. The Balaban J connectivity index is 2.37. The van der Waals surface area contributed by atoms with Crippen LogP contribution in [0.3, 0.4) is 0 Å². The minimum atomic E-state index is -1.61. The van der Waals surface area contributed by atoms with Gasteiger partial charge in [0.25, 0.3) is 0 Å². The van der Waals surface area contributed by atoms with Crippen LogP contribution in [-0.2, 0) is 28.5 Å². The lowest BCUT2D eigenvalue weighted by Crippen LogP contribution is -2.59. The lowest BCUT2D eigenvalue weighted by Gasteiger charge is -2.39. The van der Waals surface area contributed by atoms with Crippen LogP contribution >= 0.6 is 0 Å². The third-order valence-corrected chi connectivity index (χ3v) is 10.3. The molecule has 1 saturated heterocycles. The summed E-state index contributed by atoms with van der Waals surface area (Å²) in [6.07, 6.45) is 46.0. The van der Waals surface area contributed by atoms with Crippen molar-refractivity contribution in [2.45, 2.75) is 205 Å².